The van der Waals surface area contributed by atoms with Gasteiger partial charge in [-0.2, -0.15) is 0 Å². The molecule has 5 heteroatoms. The lowest BCUT2D eigenvalue weighted by Crippen LogP contribution is -2.26. The number of hydrogen-bond acceptors (Lipinski definition) is 5. The quantitative estimate of drug-likeness (QED) is 0.909. The zero-order chi connectivity index (χ0) is 17.2. The van der Waals surface area contributed by atoms with E-state index >= 15 is 0 Å². The van der Waals surface area contributed by atoms with Crippen LogP contribution in [0.2, 0.25) is 0 Å². The lowest BCUT2D eigenvalue weighted by Gasteiger charge is -2.20. The van der Waals surface area contributed by atoms with Gasteiger partial charge in [-0.05, 0) is 56.7 Å². The molecule has 2 aromatic rings. The molecule has 3 heterocycles. The summed E-state index contributed by atoms with van der Waals surface area (Å²) in [5.74, 6) is 2.78. The Morgan fingerprint density at radius 1 is 1.16 bits per heavy atom. The lowest BCUT2D eigenvalue weighted by molar-refractivity contribution is 0.279. The van der Waals surface area contributed by atoms with Crippen molar-refractivity contribution < 1.29 is 0 Å². The van der Waals surface area contributed by atoms with Crippen LogP contribution in [0.15, 0.2) is 24.5 Å². The normalized spacial score (nSPS) is 19.1. The van der Waals surface area contributed by atoms with Gasteiger partial charge in [0.25, 0.3) is 0 Å². The fourth-order valence-electron chi connectivity index (χ4n) is 3.72. The summed E-state index contributed by atoms with van der Waals surface area (Å²) in [6, 6.07) is 4.72. The first-order chi connectivity index (χ1) is 12.2. The maximum atomic E-state index is 4.76. The summed E-state index contributed by atoms with van der Waals surface area (Å²) >= 11 is 0. The second kappa shape index (κ2) is 7.08. The molecule has 5 nitrogen and oxygen atoms in total. The summed E-state index contributed by atoms with van der Waals surface area (Å²) in [6.07, 6.45) is 8.45. The first kappa shape index (κ1) is 16.5. The summed E-state index contributed by atoms with van der Waals surface area (Å²) in [6.45, 7) is 7.36. The second-order valence-electron chi connectivity index (χ2n) is 7.45. The van der Waals surface area contributed by atoms with E-state index in [-0.39, 0.29) is 0 Å². The molecule has 0 radical (unpaired) electrons. The first-order valence-corrected chi connectivity index (χ1v) is 9.43. The van der Waals surface area contributed by atoms with Crippen molar-refractivity contribution in [2.75, 3.05) is 18.4 Å². The molecule has 1 atom stereocenters. The Kier molecular flexibility index (Phi) is 4.66. The third-order valence-electron chi connectivity index (χ3n) is 5.40. The molecule has 0 bridgehead atoms. The summed E-state index contributed by atoms with van der Waals surface area (Å²) in [5.41, 5.74) is 3.88. The minimum atomic E-state index is 0.509. The molecule has 1 saturated carbocycles. The van der Waals surface area contributed by atoms with Gasteiger partial charge in [0.15, 0.2) is 0 Å². The van der Waals surface area contributed by atoms with E-state index in [1.54, 1.807) is 0 Å². The zero-order valence-electron chi connectivity index (χ0n) is 15.2. The van der Waals surface area contributed by atoms with E-state index in [2.05, 4.69) is 34.3 Å². The predicted octanol–water partition coefficient (Wildman–Crippen LogP) is 2.99. The van der Waals surface area contributed by atoms with Crippen LogP contribution in [0.1, 0.15) is 42.4 Å². The summed E-state index contributed by atoms with van der Waals surface area (Å²) in [4.78, 5) is 16.1. The number of hydrogen-bond donors (Lipinski definition) is 1. The highest BCUT2D eigenvalue weighted by Gasteiger charge is 2.29. The molecular formula is C20H27N5. The van der Waals surface area contributed by atoms with Gasteiger partial charge < -0.3 is 5.32 Å². The van der Waals surface area contributed by atoms with Crippen LogP contribution in [0, 0.1) is 12.8 Å². The van der Waals surface area contributed by atoms with E-state index in [1.807, 2.05) is 19.3 Å². The van der Waals surface area contributed by atoms with Gasteiger partial charge in [-0.3, -0.25) is 9.88 Å². The first-order valence-electron chi connectivity index (χ1n) is 9.43. The van der Waals surface area contributed by atoms with Gasteiger partial charge in [-0.15, -0.1) is 0 Å². The Morgan fingerprint density at radius 2 is 1.92 bits per heavy atom. The fourth-order valence-corrected chi connectivity index (χ4v) is 3.72. The molecule has 1 N–H and O–H groups in total. The molecule has 1 aliphatic heterocycles. The minimum absolute atomic E-state index is 0.509. The van der Waals surface area contributed by atoms with Gasteiger partial charge in [-0.25, -0.2) is 9.97 Å². The Balaban J connectivity index is 1.50. The molecule has 0 spiro atoms. The van der Waals surface area contributed by atoms with Gasteiger partial charge in [0.2, 0.25) is 0 Å². The number of aromatic nitrogens is 3. The van der Waals surface area contributed by atoms with Crippen molar-refractivity contribution in [3.05, 3.63) is 47.2 Å². The van der Waals surface area contributed by atoms with Gasteiger partial charge in [0.05, 0.1) is 5.69 Å². The van der Waals surface area contributed by atoms with Crippen molar-refractivity contribution in [2.24, 2.45) is 5.92 Å². The molecule has 1 aliphatic carbocycles. The van der Waals surface area contributed by atoms with Crippen LogP contribution in [0.4, 0.5) is 5.82 Å². The highest BCUT2D eigenvalue weighted by atomic mass is 15.1. The lowest BCUT2D eigenvalue weighted by atomic mass is 10.1. The Morgan fingerprint density at radius 3 is 2.68 bits per heavy atom. The number of nitrogens with zero attached hydrogens (tertiary/aromatic N) is 4. The highest BCUT2D eigenvalue weighted by Crippen LogP contribution is 2.34. The van der Waals surface area contributed by atoms with Gasteiger partial charge in [-0.1, -0.05) is 0 Å². The maximum absolute atomic E-state index is 4.76. The number of pyridine rings is 1. The summed E-state index contributed by atoms with van der Waals surface area (Å²) in [5, 5.41) is 3.69. The largest absolute Gasteiger partial charge is 0.367 e. The van der Waals surface area contributed by atoms with Crippen molar-refractivity contribution in [3.8, 4) is 0 Å². The third-order valence-corrected chi connectivity index (χ3v) is 5.40. The maximum Gasteiger partial charge on any atom is 0.133 e. The molecule has 132 valence electrons. The van der Waals surface area contributed by atoms with E-state index in [0.717, 1.165) is 50.0 Å². The van der Waals surface area contributed by atoms with Crippen molar-refractivity contribution in [3.63, 3.8) is 0 Å². The van der Waals surface area contributed by atoms with Crippen molar-refractivity contribution >= 4 is 5.82 Å². The molecule has 0 aromatic carbocycles. The van der Waals surface area contributed by atoms with Crippen molar-refractivity contribution in [1.82, 2.24) is 19.9 Å². The van der Waals surface area contributed by atoms with Crippen LogP contribution >= 0.6 is 0 Å². The van der Waals surface area contributed by atoms with E-state index in [1.165, 1.54) is 29.7 Å². The standard InChI is InChI=1S/C20H27N5/c1-14(17-3-4-17)22-20-18-7-11-25(13-16-5-9-21-10-6-16)12-8-19(18)23-15(2)24-20/h5-6,9-10,14,17H,3-4,7-8,11-13H2,1-2H3,(H,22,23,24)/t14-/m0/s1. The van der Waals surface area contributed by atoms with E-state index < -0.39 is 0 Å². The van der Waals surface area contributed by atoms with E-state index in [4.69, 9.17) is 9.97 Å². The Bertz CT molecular complexity index is 726. The molecule has 2 aromatic heterocycles. The molecule has 0 amide bonds. The average molecular weight is 337 g/mol. The minimum Gasteiger partial charge on any atom is -0.367 e. The van der Waals surface area contributed by atoms with Crippen molar-refractivity contribution in [1.29, 1.82) is 0 Å². The summed E-state index contributed by atoms with van der Waals surface area (Å²) < 4.78 is 0. The van der Waals surface area contributed by atoms with Crippen LogP contribution in [-0.2, 0) is 19.4 Å². The SMILES string of the molecule is Cc1nc2c(c(N[C@@H](C)C3CC3)n1)CCN(Cc1ccncc1)CC2. The van der Waals surface area contributed by atoms with E-state index in [0.29, 0.717) is 6.04 Å². The molecule has 25 heavy (non-hydrogen) atoms. The number of nitrogens with one attached hydrogen (secondary N) is 1. The Hall–Kier alpha value is -2.01. The average Bonchev–Trinajstić information content (AvgIpc) is 3.44. The highest BCUT2D eigenvalue weighted by molar-refractivity contribution is 5.48. The van der Waals surface area contributed by atoms with Crippen LogP contribution in [0.25, 0.3) is 0 Å². The molecule has 0 saturated heterocycles. The number of anilines is 1. The van der Waals surface area contributed by atoms with Crippen LogP contribution in [-0.4, -0.2) is 39.0 Å². The predicted molar refractivity (Wildman–Crippen MR) is 99.5 cm³/mol. The van der Waals surface area contributed by atoms with Crippen molar-refractivity contribution in [2.45, 2.75) is 52.1 Å². The molecule has 4 rings (SSSR count). The monoisotopic (exact) mass is 337 g/mol. The second-order valence-corrected chi connectivity index (χ2v) is 7.45. The number of fused-ring (bicyclic) bond motifs is 1. The van der Waals surface area contributed by atoms with Crippen LogP contribution in [0.3, 0.4) is 0 Å². The van der Waals surface area contributed by atoms with Gasteiger partial charge >= 0.3 is 0 Å². The molecule has 0 unspecified atom stereocenters. The zero-order valence-corrected chi connectivity index (χ0v) is 15.2. The number of rotatable bonds is 5. The van der Waals surface area contributed by atoms with E-state index in [9.17, 15) is 0 Å². The topological polar surface area (TPSA) is 53.9 Å². The van der Waals surface area contributed by atoms with Crippen LogP contribution < -0.4 is 5.32 Å². The summed E-state index contributed by atoms with van der Waals surface area (Å²) in [7, 11) is 0. The molecular weight excluding hydrogens is 310 g/mol. The third kappa shape index (κ3) is 3.98. The van der Waals surface area contributed by atoms with Crippen LogP contribution in [0.5, 0.6) is 0 Å². The van der Waals surface area contributed by atoms with Gasteiger partial charge in [0, 0.05) is 50.1 Å². The smallest absolute Gasteiger partial charge is 0.133 e. The number of aryl methyl sites for hydroxylation is 1. The fraction of sp³-hybridized carbons (Fsp3) is 0.550. The Labute approximate surface area is 149 Å². The molecule has 2 aliphatic rings. The molecule has 1 fully saturated rings. The van der Waals surface area contributed by atoms with Gasteiger partial charge in [0.1, 0.15) is 11.6 Å².